The molecule has 1 aromatic rings. The van der Waals surface area contributed by atoms with Crippen LogP contribution in [-0.2, 0) is 10.8 Å². The molecule has 0 heterocycles. The number of benzene rings is 1. The van der Waals surface area contributed by atoms with Gasteiger partial charge in [-0.25, -0.2) is 0 Å². The number of hydrogen-bond donors (Lipinski definition) is 0. The molecule has 0 N–H and O–H groups in total. The SMILES string of the molecule is CC(C)(C)c1cccc(C(=O)[O-])c1C(C)(C)C.[Na+]. The van der Waals surface area contributed by atoms with Gasteiger partial charge in [-0.05, 0) is 22.0 Å². The predicted molar refractivity (Wildman–Crippen MR) is 68.2 cm³/mol. The summed E-state index contributed by atoms with van der Waals surface area (Å²) in [5.41, 5.74) is 1.98. The second-order valence-corrected chi connectivity index (χ2v) is 6.52. The molecule has 0 aliphatic rings. The molecule has 0 saturated heterocycles. The van der Waals surface area contributed by atoms with E-state index in [-0.39, 0.29) is 40.4 Å². The molecule has 1 aromatic carbocycles. The number of aromatic carboxylic acids is 1. The molecule has 0 fully saturated rings. The Bertz CT molecular complexity index is 437. The number of rotatable bonds is 1. The molecular weight excluding hydrogens is 235 g/mol. The van der Waals surface area contributed by atoms with Crippen LogP contribution < -0.4 is 34.7 Å². The molecule has 0 amide bonds. The van der Waals surface area contributed by atoms with Gasteiger partial charge in [0.2, 0.25) is 0 Å². The molecule has 0 unspecified atom stereocenters. The van der Waals surface area contributed by atoms with Gasteiger partial charge in [0.05, 0.1) is 5.97 Å². The van der Waals surface area contributed by atoms with Crippen molar-refractivity contribution in [3.63, 3.8) is 0 Å². The fraction of sp³-hybridized carbons (Fsp3) is 0.533. The summed E-state index contributed by atoms with van der Waals surface area (Å²) in [6.45, 7) is 12.4. The first-order valence-electron chi connectivity index (χ1n) is 5.90. The third-order valence-electron chi connectivity index (χ3n) is 2.84. The zero-order valence-electron chi connectivity index (χ0n) is 12.5. The fourth-order valence-electron chi connectivity index (χ4n) is 2.16. The maximum atomic E-state index is 11.2. The molecule has 0 spiro atoms. The van der Waals surface area contributed by atoms with Crippen molar-refractivity contribution in [2.75, 3.05) is 0 Å². The number of hydrogen-bond acceptors (Lipinski definition) is 2. The number of carbonyl (C=O) groups is 1. The normalized spacial score (nSPS) is 11.9. The quantitative estimate of drug-likeness (QED) is 0.644. The first-order valence-corrected chi connectivity index (χ1v) is 5.90. The van der Waals surface area contributed by atoms with Crippen LogP contribution in [0, 0.1) is 0 Å². The summed E-state index contributed by atoms with van der Waals surface area (Å²) in [6, 6.07) is 5.43. The van der Waals surface area contributed by atoms with Crippen molar-refractivity contribution >= 4 is 5.97 Å². The fourth-order valence-corrected chi connectivity index (χ4v) is 2.16. The molecule has 18 heavy (non-hydrogen) atoms. The van der Waals surface area contributed by atoms with Crippen LogP contribution in [0.25, 0.3) is 0 Å². The molecule has 0 atom stereocenters. The van der Waals surface area contributed by atoms with E-state index in [1.165, 1.54) is 0 Å². The van der Waals surface area contributed by atoms with E-state index in [1.807, 2.05) is 26.8 Å². The minimum absolute atomic E-state index is 0. The molecule has 0 saturated carbocycles. The molecule has 0 aliphatic carbocycles. The monoisotopic (exact) mass is 256 g/mol. The Labute approximate surface area is 132 Å². The molecule has 1 rings (SSSR count). The summed E-state index contributed by atoms with van der Waals surface area (Å²) in [5, 5.41) is 11.2. The number of carboxylic acid groups (broad SMARTS) is 1. The van der Waals surface area contributed by atoms with E-state index in [1.54, 1.807) is 12.1 Å². The maximum Gasteiger partial charge on any atom is 1.00 e. The third-order valence-corrected chi connectivity index (χ3v) is 2.84. The Morgan fingerprint density at radius 1 is 1.00 bits per heavy atom. The molecule has 0 aromatic heterocycles. The van der Waals surface area contributed by atoms with Gasteiger partial charge in [0.1, 0.15) is 0 Å². The van der Waals surface area contributed by atoms with Crippen molar-refractivity contribution in [1.82, 2.24) is 0 Å². The van der Waals surface area contributed by atoms with Crippen molar-refractivity contribution in [3.8, 4) is 0 Å². The van der Waals surface area contributed by atoms with Crippen LogP contribution in [0.15, 0.2) is 18.2 Å². The van der Waals surface area contributed by atoms with Crippen LogP contribution in [0.4, 0.5) is 0 Å². The summed E-state index contributed by atoms with van der Waals surface area (Å²) in [5.74, 6) is -1.10. The number of carboxylic acids is 1. The molecule has 2 nitrogen and oxygen atoms in total. The smallest absolute Gasteiger partial charge is 0.545 e. The predicted octanol–water partition coefficient (Wildman–Crippen LogP) is -0.351. The summed E-state index contributed by atoms with van der Waals surface area (Å²) >= 11 is 0. The van der Waals surface area contributed by atoms with Crippen LogP contribution in [0.3, 0.4) is 0 Å². The molecule has 0 aliphatic heterocycles. The van der Waals surface area contributed by atoms with Gasteiger partial charge in [0.15, 0.2) is 0 Å². The van der Waals surface area contributed by atoms with Gasteiger partial charge in [-0.15, -0.1) is 0 Å². The van der Waals surface area contributed by atoms with Gasteiger partial charge < -0.3 is 9.90 Å². The van der Waals surface area contributed by atoms with Crippen molar-refractivity contribution in [3.05, 3.63) is 34.9 Å². The van der Waals surface area contributed by atoms with E-state index in [0.717, 1.165) is 11.1 Å². The molecular formula is C15H21NaO2. The largest absolute Gasteiger partial charge is 1.00 e. The van der Waals surface area contributed by atoms with Crippen molar-refractivity contribution in [1.29, 1.82) is 0 Å². The van der Waals surface area contributed by atoms with Gasteiger partial charge in [-0.2, -0.15) is 0 Å². The Morgan fingerprint density at radius 2 is 1.50 bits per heavy atom. The Hall–Kier alpha value is -0.310. The van der Waals surface area contributed by atoms with Crippen LogP contribution in [-0.4, -0.2) is 5.97 Å². The van der Waals surface area contributed by atoms with E-state index in [2.05, 4.69) is 20.8 Å². The van der Waals surface area contributed by atoms with Gasteiger partial charge >= 0.3 is 29.6 Å². The van der Waals surface area contributed by atoms with Crippen LogP contribution in [0.5, 0.6) is 0 Å². The summed E-state index contributed by atoms with van der Waals surface area (Å²) in [7, 11) is 0. The molecule has 94 valence electrons. The van der Waals surface area contributed by atoms with E-state index >= 15 is 0 Å². The summed E-state index contributed by atoms with van der Waals surface area (Å²) in [6.07, 6.45) is 0. The van der Waals surface area contributed by atoms with Crippen molar-refractivity contribution in [2.24, 2.45) is 0 Å². The second kappa shape index (κ2) is 5.77. The topological polar surface area (TPSA) is 40.1 Å². The Morgan fingerprint density at radius 3 is 1.83 bits per heavy atom. The van der Waals surface area contributed by atoms with E-state index in [0.29, 0.717) is 5.56 Å². The average Bonchev–Trinajstić information content (AvgIpc) is 2.13. The maximum absolute atomic E-state index is 11.2. The second-order valence-electron chi connectivity index (χ2n) is 6.52. The van der Waals surface area contributed by atoms with Gasteiger partial charge in [0, 0.05) is 5.56 Å². The zero-order chi connectivity index (χ0) is 13.4. The first kappa shape index (κ1) is 17.7. The summed E-state index contributed by atoms with van der Waals surface area (Å²) in [4.78, 5) is 11.2. The van der Waals surface area contributed by atoms with Crippen LogP contribution in [0.2, 0.25) is 0 Å². The summed E-state index contributed by atoms with van der Waals surface area (Å²) < 4.78 is 0. The first-order chi connectivity index (χ1) is 7.55. The van der Waals surface area contributed by atoms with Crippen molar-refractivity contribution < 1.29 is 39.5 Å². The standard InChI is InChI=1S/C15H22O2.Na/c1-14(2,3)11-9-7-8-10(13(16)17)12(11)15(4,5)6;/h7-9H,1-6H3,(H,16,17);/q;+1/p-1. The zero-order valence-corrected chi connectivity index (χ0v) is 14.5. The van der Waals surface area contributed by atoms with Crippen LogP contribution >= 0.6 is 0 Å². The molecule has 0 radical (unpaired) electrons. The molecule has 0 bridgehead atoms. The third kappa shape index (κ3) is 3.84. The van der Waals surface area contributed by atoms with E-state index in [4.69, 9.17) is 0 Å². The van der Waals surface area contributed by atoms with E-state index < -0.39 is 5.97 Å². The van der Waals surface area contributed by atoms with Crippen LogP contribution in [0.1, 0.15) is 63.0 Å². The number of carbonyl (C=O) groups excluding carboxylic acids is 1. The Balaban J connectivity index is 0.00000289. The van der Waals surface area contributed by atoms with E-state index in [9.17, 15) is 9.90 Å². The Kier molecular flexibility index (Phi) is 5.67. The van der Waals surface area contributed by atoms with Gasteiger partial charge in [-0.1, -0.05) is 59.7 Å². The van der Waals surface area contributed by atoms with Gasteiger partial charge in [-0.3, -0.25) is 0 Å². The van der Waals surface area contributed by atoms with Crippen molar-refractivity contribution in [2.45, 2.75) is 52.4 Å². The minimum atomic E-state index is -1.10. The molecule has 3 heteroatoms. The minimum Gasteiger partial charge on any atom is -0.545 e. The van der Waals surface area contributed by atoms with Gasteiger partial charge in [0.25, 0.3) is 0 Å². The average molecular weight is 256 g/mol.